The van der Waals surface area contributed by atoms with Crippen molar-refractivity contribution in [1.29, 1.82) is 0 Å². The molecule has 0 bridgehead atoms. The lowest BCUT2D eigenvalue weighted by atomic mass is 10.0. The van der Waals surface area contributed by atoms with Crippen molar-refractivity contribution in [3.63, 3.8) is 0 Å². The summed E-state index contributed by atoms with van der Waals surface area (Å²) in [5.41, 5.74) is 2.69. The number of hydrogen-bond donors (Lipinski definition) is 0. The Morgan fingerprint density at radius 3 is 3.22 bits per heavy atom. The van der Waals surface area contributed by atoms with Gasteiger partial charge in [0, 0.05) is 0 Å². The minimum Gasteiger partial charge on any atom is -0.496 e. The van der Waals surface area contributed by atoms with Gasteiger partial charge in [-0.25, -0.2) is 0 Å². The first kappa shape index (κ1) is 4.86. The zero-order chi connectivity index (χ0) is 6.10. The number of allylic oxidation sites excluding steroid dienone is 3. The van der Waals surface area contributed by atoms with Crippen LogP contribution in [-0.2, 0) is 4.74 Å². The molecule has 0 unspecified atom stereocenters. The Labute approximate surface area is 54.3 Å². The third-order valence-corrected chi connectivity index (χ3v) is 1.65. The van der Waals surface area contributed by atoms with E-state index in [9.17, 15) is 0 Å². The standard InChI is InChI=1S/C8H8O/c1-2-4-8-6-9-5-7(8)3-1/h1-3,6H,4-5H2. The molecule has 1 nitrogen and oxygen atoms in total. The maximum Gasteiger partial charge on any atom is 0.113 e. The summed E-state index contributed by atoms with van der Waals surface area (Å²) in [4.78, 5) is 0. The second kappa shape index (κ2) is 1.76. The van der Waals surface area contributed by atoms with Crippen molar-refractivity contribution in [3.8, 4) is 0 Å². The van der Waals surface area contributed by atoms with Crippen LogP contribution in [0.4, 0.5) is 0 Å². The van der Waals surface area contributed by atoms with Crippen LogP contribution in [0, 0.1) is 0 Å². The molecule has 1 heterocycles. The molecular formula is C8H8O. The summed E-state index contributed by atoms with van der Waals surface area (Å²) in [6.07, 6.45) is 9.24. The molecule has 0 aromatic rings. The molecule has 0 saturated carbocycles. The van der Waals surface area contributed by atoms with Crippen molar-refractivity contribution >= 4 is 0 Å². The van der Waals surface area contributed by atoms with Gasteiger partial charge in [0.25, 0.3) is 0 Å². The molecule has 1 aliphatic carbocycles. The molecule has 1 heteroatoms. The monoisotopic (exact) mass is 120 g/mol. The van der Waals surface area contributed by atoms with E-state index in [1.807, 2.05) is 6.26 Å². The van der Waals surface area contributed by atoms with Crippen LogP contribution in [0.1, 0.15) is 6.42 Å². The van der Waals surface area contributed by atoms with Crippen LogP contribution in [-0.4, -0.2) is 6.61 Å². The molecule has 0 amide bonds. The van der Waals surface area contributed by atoms with Crippen molar-refractivity contribution in [1.82, 2.24) is 0 Å². The first-order chi connectivity index (χ1) is 4.47. The molecule has 0 N–H and O–H groups in total. The van der Waals surface area contributed by atoms with Crippen LogP contribution in [0.25, 0.3) is 0 Å². The van der Waals surface area contributed by atoms with Gasteiger partial charge in [-0.3, -0.25) is 0 Å². The maximum atomic E-state index is 5.12. The molecule has 46 valence electrons. The van der Waals surface area contributed by atoms with E-state index in [0.717, 1.165) is 13.0 Å². The van der Waals surface area contributed by atoms with Gasteiger partial charge in [-0.15, -0.1) is 0 Å². The number of fused-ring (bicyclic) bond motifs is 1. The second-order valence-corrected chi connectivity index (χ2v) is 2.28. The summed E-state index contributed by atoms with van der Waals surface area (Å²) in [5.74, 6) is 0. The Hall–Kier alpha value is -0.980. The Morgan fingerprint density at radius 1 is 1.33 bits per heavy atom. The molecular weight excluding hydrogens is 112 g/mol. The Bertz CT molecular complexity index is 209. The van der Waals surface area contributed by atoms with Gasteiger partial charge < -0.3 is 4.74 Å². The van der Waals surface area contributed by atoms with E-state index in [2.05, 4.69) is 18.2 Å². The van der Waals surface area contributed by atoms with Crippen LogP contribution in [0.15, 0.2) is 35.6 Å². The summed E-state index contributed by atoms with van der Waals surface area (Å²) < 4.78 is 5.12. The first-order valence-corrected chi connectivity index (χ1v) is 3.13. The van der Waals surface area contributed by atoms with E-state index in [4.69, 9.17) is 4.74 Å². The SMILES string of the molecule is C1=CCC2=COCC2=C1. The van der Waals surface area contributed by atoms with Crippen LogP contribution in [0.2, 0.25) is 0 Å². The molecule has 0 atom stereocenters. The van der Waals surface area contributed by atoms with Gasteiger partial charge in [-0.2, -0.15) is 0 Å². The molecule has 9 heavy (non-hydrogen) atoms. The van der Waals surface area contributed by atoms with Crippen molar-refractivity contribution in [2.45, 2.75) is 6.42 Å². The predicted octanol–water partition coefficient (Wildman–Crippen LogP) is 1.79. The van der Waals surface area contributed by atoms with Gasteiger partial charge in [0.1, 0.15) is 6.61 Å². The van der Waals surface area contributed by atoms with Gasteiger partial charge in [0.2, 0.25) is 0 Å². The van der Waals surface area contributed by atoms with Crippen LogP contribution >= 0.6 is 0 Å². The van der Waals surface area contributed by atoms with Crippen LogP contribution in [0.5, 0.6) is 0 Å². The van der Waals surface area contributed by atoms with Gasteiger partial charge in [0.15, 0.2) is 0 Å². The molecule has 0 spiro atoms. The molecule has 1 aliphatic heterocycles. The van der Waals surface area contributed by atoms with E-state index in [-0.39, 0.29) is 0 Å². The van der Waals surface area contributed by atoms with Crippen molar-refractivity contribution in [2.24, 2.45) is 0 Å². The van der Waals surface area contributed by atoms with E-state index < -0.39 is 0 Å². The van der Waals surface area contributed by atoms with Gasteiger partial charge in [0.05, 0.1) is 6.26 Å². The van der Waals surface area contributed by atoms with Gasteiger partial charge >= 0.3 is 0 Å². The first-order valence-electron chi connectivity index (χ1n) is 3.13. The summed E-state index contributed by atoms with van der Waals surface area (Å²) in [6.45, 7) is 0.777. The van der Waals surface area contributed by atoms with E-state index in [0.29, 0.717) is 0 Å². The molecule has 2 aliphatic rings. The lowest BCUT2D eigenvalue weighted by molar-refractivity contribution is 0.301. The Morgan fingerprint density at radius 2 is 2.33 bits per heavy atom. The molecule has 0 aromatic carbocycles. The molecule has 0 fully saturated rings. The molecule has 0 saturated heterocycles. The molecule has 0 aromatic heterocycles. The summed E-state index contributed by atoms with van der Waals surface area (Å²) >= 11 is 0. The third kappa shape index (κ3) is 0.689. The van der Waals surface area contributed by atoms with E-state index in [1.54, 1.807) is 0 Å². The average Bonchev–Trinajstić information content (AvgIpc) is 2.33. The lowest BCUT2D eigenvalue weighted by Crippen LogP contribution is -1.89. The van der Waals surface area contributed by atoms with Crippen molar-refractivity contribution < 1.29 is 4.74 Å². The quantitative estimate of drug-likeness (QED) is 0.473. The highest BCUT2D eigenvalue weighted by atomic mass is 16.5. The molecule has 0 radical (unpaired) electrons. The maximum absolute atomic E-state index is 5.12. The smallest absolute Gasteiger partial charge is 0.113 e. The van der Waals surface area contributed by atoms with Gasteiger partial charge in [-0.1, -0.05) is 18.2 Å². The predicted molar refractivity (Wildman–Crippen MR) is 35.9 cm³/mol. The lowest BCUT2D eigenvalue weighted by Gasteiger charge is -2.01. The minimum absolute atomic E-state index is 0.777. The summed E-state index contributed by atoms with van der Waals surface area (Å²) in [6, 6.07) is 0. The van der Waals surface area contributed by atoms with Crippen LogP contribution in [0.3, 0.4) is 0 Å². The zero-order valence-electron chi connectivity index (χ0n) is 5.13. The van der Waals surface area contributed by atoms with Crippen LogP contribution < -0.4 is 0 Å². The fourth-order valence-electron chi connectivity index (χ4n) is 1.11. The topological polar surface area (TPSA) is 9.23 Å². The summed E-state index contributed by atoms with van der Waals surface area (Å²) in [5, 5.41) is 0. The van der Waals surface area contributed by atoms with Crippen molar-refractivity contribution in [2.75, 3.05) is 6.61 Å². The summed E-state index contributed by atoms with van der Waals surface area (Å²) in [7, 11) is 0. The Kier molecular flexibility index (Phi) is 0.950. The van der Waals surface area contributed by atoms with Gasteiger partial charge in [-0.05, 0) is 17.6 Å². The highest BCUT2D eigenvalue weighted by Gasteiger charge is 2.11. The average molecular weight is 120 g/mol. The normalized spacial score (nSPS) is 22.2. The number of ether oxygens (including phenoxy) is 1. The fourth-order valence-corrected chi connectivity index (χ4v) is 1.11. The fraction of sp³-hybridized carbons (Fsp3) is 0.250. The third-order valence-electron chi connectivity index (χ3n) is 1.65. The van der Waals surface area contributed by atoms with E-state index >= 15 is 0 Å². The highest BCUT2D eigenvalue weighted by Crippen LogP contribution is 2.24. The minimum atomic E-state index is 0.777. The zero-order valence-corrected chi connectivity index (χ0v) is 5.13. The number of hydrogen-bond acceptors (Lipinski definition) is 1. The number of rotatable bonds is 0. The van der Waals surface area contributed by atoms with Crippen molar-refractivity contribution in [3.05, 3.63) is 35.6 Å². The van der Waals surface area contributed by atoms with E-state index in [1.165, 1.54) is 11.1 Å². The largest absolute Gasteiger partial charge is 0.496 e. The highest BCUT2D eigenvalue weighted by molar-refractivity contribution is 5.40. The second-order valence-electron chi connectivity index (χ2n) is 2.28. The Balaban J connectivity index is 2.37. The molecule has 2 rings (SSSR count).